The highest BCUT2D eigenvalue weighted by Gasteiger charge is 2.12. The average molecular weight is 307 g/mol. The molecule has 1 N–H and O–H groups in total. The molecule has 0 aromatic heterocycles. The molecule has 0 unspecified atom stereocenters. The fourth-order valence-corrected chi connectivity index (χ4v) is 2.31. The lowest BCUT2D eigenvalue weighted by Crippen LogP contribution is -2.10. The van der Waals surface area contributed by atoms with E-state index < -0.39 is 0 Å². The summed E-state index contributed by atoms with van der Waals surface area (Å²) in [5.41, 5.74) is 5.51. The van der Waals surface area contributed by atoms with Crippen LogP contribution >= 0.6 is 0 Å². The second kappa shape index (κ2) is 6.82. The van der Waals surface area contributed by atoms with Gasteiger partial charge in [-0.1, -0.05) is 57.2 Å². The molecule has 2 nitrogen and oxygen atoms in total. The van der Waals surface area contributed by atoms with Crippen LogP contribution in [0.1, 0.15) is 43.0 Å². The molecule has 0 heterocycles. The lowest BCUT2D eigenvalue weighted by molar-refractivity contribution is -0.111. The fourth-order valence-electron chi connectivity index (χ4n) is 2.31. The summed E-state index contributed by atoms with van der Waals surface area (Å²) in [7, 11) is 0. The van der Waals surface area contributed by atoms with Crippen molar-refractivity contribution in [2.45, 2.75) is 40.0 Å². The number of carbonyl (C=O) groups excluding carboxylic acids is 1. The largest absolute Gasteiger partial charge is 0.322 e. The molecule has 2 rings (SSSR count). The minimum atomic E-state index is -0.112. The summed E-state index contributed by atoms with van der Waals surface area (Å²) in [5.74, 6) is -0.112. The lowest BCUT2D eigenvalue weighted by Gasteiger charge is -2.18. The SMILES string of the molecule is Cc1ccc(C)c(NC(=O)C=Cc2ccc(C(C)(C)C)cc2)c1. The zero-order valence-electron chi connectivity index (χ0n) is 14.6. The topological polar surface area (TPSA) is 29.1 Å². The Morgan fingerprint density at radius 1 is 1.00 bits per heavy atom. The zero-order valence-corrected chi connectivity index (χ0v) is 14.6. The van der Waals surface area contributed by atoms with E-state index in [9.17, 15) is 4.79 Å². The number of rotatable bonds is 3. The Balaban J connectivity index is 2.05. The van der Waals surface area contributed by atoms with Gasteiger partial charge in [0.2, 0.25) is 5.91 Å². The maximum atomic E-state index is 12.1. The zero-order chi connectivity index (χ0) is 17.0. The van der Waals surface area contributed by atoms with Gasteiger partial charge in [0.25, 0.3) is 0 Å². The van der Waals surface area contributed by atoms with E-state index >= 15 is 0 Å². The molecule has 0 bridgehead atoms. The van der Waals surface area contributed by atoms with Crippen molar-refractivity contribution in [3.63, 3.8) is 0 Å². The van der Waals surface area contributed by atoms with Crippen molar-refractivity contribution >= 4 is 17.7 Å². The summed E-state index contributed by atoms with van der Waals surface area (Å²) in [6.07, 6.45) is 3.42. The molecule has 2 aromatic rings. The first-order chi connectivity index (χ1) is 10.8. The van der Waals surface area contributed by atoms with Gasteiger partial charge in [-0.15, -0.1) is 0 Å². The van der Waals surface area contributed by atoms with Crippen LogP contribution in [0, 0.1) is 13.8 Å². The van der Waals surface area contributed by atoms with Crippen LogP contribution in [-0.4, -0.2) is 5.91 Å². The van der Waals surface area contributed by atoms with Crippen molar-refractivity contribution in [2.24, 2.45) is 0 Å². The summed E-state index contributed by atoms with van der Waals surface area (Å²) >= 11 is 0. The third-order valence-electron chi connectivity index (χ3n) is 3.85. The number of benzene rings is 2. The molecular weight excluding hydrogens is 282 g/mol. The predicted molar refractivity (Wildman–Crippen MR) is 98.7 cm³/mol. The molecule has 0 saturated carbocycles. The smallest absolute Gasteiger partial charge is 0.248 e. The number of anilines is 1. The Kier molecular flexibility index (Phi) is 5.05. The molecule has 0 aliphatic carbocycles. The van der Waals surface area contributed by atoms with Crippen LogP contribution in [-0.2, 0) is 10.2 Å². The van der Waals surface area contributed by atoms with Crippen LogP contribution in [0.4, 0.5) is 5.69 Å². The summed E-state index contributed by atoms with van der Waals surface area (Å²) < 4.78 is 0. The highest BCUT2D eigenvalue weighted by atomic mass is 16.1. The van der Waals surface area contributed by atoms with E-state index in [2.05, 4.69) is 38.2 Å². The van der Waals surface area contributed by atoms with E-state index in [1.807, 2.05) is 50.3 Å². The number of aryl methyl sites for hydroxylation is 2. The molecule has 2 heteroatoms. The molecule has 0 spiro atoms. The first-order valence-corrected chi connectivity index (χ1v) is 7.92. The van der Waals surface area contributed by atoms with Crippen molar-refractivity contribution < 1.29 is 4.79 Å². The number of hydrogen-bond acceptors (Lipinski definition) is 1. The molecule has 1 amide bonds. The highest BCUT2D eigenvalue weighted by molar-refractivity contribution is 6.02. The van der Waals surface area contributed by atoms with E-state index in [0.29, 0.717) is 0 Å². The van der Waals surface area contributed by atoms with Gasteiger partial charge in [0.1, 0.15) is 0 Å². The number of hydrogen-bond donors (Lipinski definition) is 1. The van der Waals surface area contributed by atoms with Gasteiger partial charge in [0.05, 0.1) is 0 Å². The second-order valence-corrected chi connectivity index (χ2v) is 7.01. The van der Waals surface area contributed by atoms with Crippen LogP contribution in [0.15, 0.2) is 48.5 Å². The van der Waals surface area contributed by atoms with Crippen molar-refractivity contribution in [2.75, 3.05) is 5.32 Å². The van der Waals surface area contributed by atoms with Gasteiger partial charge in [0, 0.05) is 11.8 Å². The Morgan fingerprint density at radius 3 is 2.26 bits per heavy atom. The van der Waals surface area contributed by atoms with Gasteiger partial charge in [-0.2, -0.15) is 0 Å². The van der Waals surface area contributed by atoms with E-state index in [1.54, 1.807) is 6.08 Å². The van der Waals surface area contributed by atoms with Gasteiger partial charge >= 0.3 is 0 Å². The second-order valence-electron chi connectivity index (χ2n) is 7.01. The molecule has 2 aromatic carbocycles. The molecule has 0 radical (unpaired) electrons. The quantitative estimate of drug-likeness (QED) is 0.771. The van der Waals surface area contributed by atoms with E-state index in [1.165, 1.54) is 5.56 Å². The summed E-state index contributed by atoms with van der Waals surface area (Å²) in [5, 5.41) is 2.93. The molecule has 120 valence electrons. The normalized spacial score (nSPS) is 11.7. The molecular formula is C21H25NO. The van der Waals surface area contributed by atoms with Gasteiger partial charge in [-0.05, 0) is 53.7 Å². The van der Waals surface area contributed by atoms with Crippen LogP contribution in [0.5, 0.6) is 0 Å². The van der Waals surface area contributed by atoms with Crippen molar-refractivity contribution in [3.05, 3.63) is 70.8 Å². The Labute approximate surface area is 139 Å². The number of carbonyl (C=O) groups is 1. The number of amides is 1. The Bertz CT molecular complexity index is 718. The van der Waals surface area contributed by atoms with Gasteiger partial charge in [-0.3, -0.25) is 4.79 Å². The summed E-state index contributed by atoms with van der Waals surface area (Å²) in [4.78, 5) is 12.1. The van der Waals surface area contributed by atoms with Gasteiger partial charge in [0.15, 0.2) is 0 Å². The third-order valence-corrected chi connectivity index (χ3v) is 3.85. The van der Waals surface area contributed by atoms with Gasteiger partial charge in [-0.25, -0.2) is 0 Å². The van der Waals surface area contributed by atoms with Crippen LogP contribution in [0.2, 0.25) is 0 Å². The van der Waals surface area contributed by atoms with Crippen LogP contribution in [0.3, 0.4) is 0 Å². The first-order valence-electron chi connectivity index (χ1n) is 7.92. The lowest BCUT2D eigenvalue weighted by atomic mass is 9.87. The molecule has 23 heavy (non-hydrogen) atoms. The first kappa shape index (κ1) is 17.0. The van der Waals surface area contributed by atoms with Crippen molar-refractivity contribution in [3.8, 4) is 0 Å². The number of nitrogens with one attached hydrogen (secondary N) is 1. The monoisotopic (exact) mass is 307 g/mol. The molecule has 0 aliphatic rings. The Hall–Kier alpha value is -2.35. The maximum absolute atomic E-state index is 12.1. The third kappa shape index (κ3) is 4.82. The Morgan fingerprint density at radius 2 is 1.65 bits per heavy atom. The summed E-state index contributed by atoms with van der Waals surface area (Å²) in [6.45, 7) is 10.6. The van der Waals surface area contributed by atoms with E-state index in [-0.39, 0.29) is 11.3 Å². The summed E-state index contributed by atoms with van der Waals surface area (Å²) in [6, 6.07) is 14.4. The molecule has 0 atom stereocenters. The molecule has 0 saturated heterocycles. The minimum Gasteiger partial charge on any atom is -0.322 e. The average Bonchev–Trinajstić information content (AvgIpc) is 2.48. The minimum absolute atomic E-state index is 0.112. The van der Waals surface area contributed by atoms with E-state index in [0.717, 1.165) is 22.4 Å². The van der Waals surface area contributed by atoms with Crippen LogP contribution in [0.25, 0.3) is 6.08 Å². The fraction of sp³-hybridized carbons (Fsp3) is 0.286. The van der Waals surface area contributed by atoms with Crippen LogP contribution < -0.4 is 5.32 Å². The van der Waals surface area contributed by atoms with E-state index in [4.69, 9.17) is 0 Å². The predicted octanol–water partition coefficient (Wildman–Crippen LogP) is 5.25. The standard InChI is InChI=1S/C21H25NO/c1-15-6-7-16(2)19(14-15)22-20(23)13-10-17-8-11-18(12-9-17)21(3,4)5/h6-14H,1-5H3,(H,22,23). The molecule has 0 aliphatic heterocycles. The van der Waals surface area contributed by atoms with Crippen molar-refractivity contribution in [1.82, 2.24) is 0 Å². The highest BCUT2D eigenvalue weighted by Crippen LogP contribution is 2.22. The molecule has 0 fully saturated rings. The van der Waals surface area contributed by atoms with Gasteiger partial charge < -0.3 is 5.32 Å². The maximum Gasteiger partial charge on any atom is 0.248 e. The van der Waals surface area contributed by atoms with Crippen molar-refractivity contribution in [1.29, 1.82) is 0 Å².